The largest absolute Gasteiger partial charge is 0.371 e. The highest BCUT2D eigenvalue weighted by Crippen LogP contribution is 2.26. The van der Waals surface area contributed by atoms with Crippen LogP contribution in [0.25, 0.3) is 0 Å². The van der Waals surface area contributed by atoms with Crippen molar-refractivity contribution in [1.29, 1.82) is 0 Å². The van der Waals surface area contributed by atoms with Crippen LogP contribution < -0.4 is 10.6 Å². The van der Waals surface area contributed by atoms with E-state index in [2.05, 4.69) is 43.0 Å². The molecule has 1 aliphatic rings. The van der Waals surface area contributed by atoms with Crippen LogP contribution in [0.3, 0.4) is 0 Å². The van der Waals surface area contributed by atoms with E-state index in [4.69, 9.17) is 5.73 Å². The molecular weight excluding hydrogens is 220 g/mol. The summed E-state index contributed by atoms with van der Waals surface area (Å²) in [6.07, 6.45) is 3.81. The fourth-order valence-corrected chi connectivity index (χ4v) is 2.84. The van der Waals surface area contributed by atoms with Crippen LogP contribution in [0.5, 0.6) is 0 Å². The molecule has 2 N–H and O–H groups in total. The maximum Gasteiger partial charge on any atom is 0.0366 e. The van der Waals surface area contributed by atoms with E-state index >= 15 is 0 Å². The van der Waals surface area contributed by atoms with Crippen molar-refractivity contribution in [1.82, 2.24) is 0 Å². The van der Waals surface area contributed by atoms with Crippen LogP contribution >= 0.6 is 0 Å². The number of nitrogens with zero attached hydrogens (tertiary/aromatic N) is 1. The Bertz CT molecular complexity index is 354. The van der Waals surface area contributed by atoms with Gasteiger partial charge in [0.05, 0.1) is 0 Å². The first-order valence-corrected chi connectivity index (χ1v) is 7.25. The quantitative estimate of drug-likeness (QED) is 0.882. The monoisotopic (exact) mass is 246 g/mol. The number of benzene rings is 1. The molecule has 1 heterocycles. The minimum Gasteiger partial charge on any atom is -0.371 e. The molecule has 1 aromatic rings. The second-order valence-electron chi connectivity index (χ2n) is 5.78. The number of piperidine rings is 1. The third-order valence-corrected chi connectivity index (χ3v) is 4.02. The van der Waals surface area contributed by atoms with E-state index in [1.54, 1.807) is 0 Å². The number of anilines is 1. The smallest absolute Gasteiger partial charge is 0.0366 e. The van der Waals surface area contributed by atoms with E-state index in [9.17, 15) is 0 Å². The lowest BCUT2D eigenvalue weighted by Gasteiger charge is -2.34. The predicted octanol–water partition coefficient (Wildman–Crippen LogP) is 3.38. The zero-order valence-electron chi connectivity index (χ0n) is 11.7. The van der Waals surface area contributed by atoms with Crippen molar-refractivity contribution in [3.63, 3.8) is 0 Å². The van der Waals surface area contributed by atoms with Gasteiger partial charge in [-0.15, -0.1) is 0 Å². The van der Waals surface area contributed by atoms with Gasteiger partial charge in [-0.1, -0.05) is 26.0 Å². The molecule has 0 spiro atoms. The van der Waals surface area contributed by atoms with E-state index in [-0.39, 0.29) is 0 Å². The summed E-state index contributed by atoms with van der Waals surface area (Å²) < 4.78 is 0. The van der Waals surface area contributed by atoms with Gasteiger partial charge in [0.25, 0.3) is 0 Å². The molecule has 1 unspecified atom stereocenters. The summed E-state index contributed by atoms with van der Waals surface area (Å²) >= 11 is 0. The molecule has 0 aromatic heterocycles. The van der Waals surface area contributed by atoms with Gasteiger partial charge in [-0.25, -0.2) is 0 Å². The fraction of sp³-hybridized carbons (Fsp3) is 0.625. The van der Waals surface area contributed by atoms with Crippen molar-refractivity contribution in [2.75, 3.05) is 24.5 Å². The standard InChI is InChI=1S/C16H26N2/c1-13(2)15-5-7-16(8-6-15)18-11-3-4-14(12-18)9-10-17/h5-8,13-14H,3-4,9-12,17H2,1-2H3. The van der Waals surface area contributed by atoms with Crippen molar-refractivity contribution < 1.29 is 0 Å². The van der Waals surface area contributed by atoms with Gasteiger partial charge in [-0.3, -0.25) is 0 Å². The van der Waals surface area contributed by atoms with E-state index < -0.39 is 0 Å². The van der Waals surface area contributed by atoms with Crippen LogP contribution in [-0.4, -0.2) is 19.6 Å². The average molecular weight is 246 g/mol. The minimum absolute atomic E-state index is 0.616. The Balaban J connectivity index is 2.02. The van der Waals surface area contributed by atoms with Crippen LogP contribution in [-0.2, 0) is 0 Å². The molecule has 0 aliphatic carbocycles. The lowest BCUT2D eigenvalue weighted by atomic mass is 9.94. The van der Waals surface area contributed by atoms with Crippen molar-refractivity contribution in [3.8, 4) is 0 Å². The third kappa shape index (κ3) is 3.26. The molecular formula is C16H26N2. The lowest BCUT2D eigenvalue weighted by Crippen LogP contribution is -2.36. The van der Waals surface area contributed by atoms with Gasteiger partial charge in [0, 0.05) is 18.8 Å². The summed E-state index contributed by atoms with van der Waals surface area (Å²) in [5, 5.41) is 0. The van der Waals surface area contributed by atoms with Crippen molar-refractivity contribution >= 4 is 5.69 Å². The maximum absolute atomic E-state index is 5.68. The third-order valence-electron chi connectivity index (χ3n) is 4.02. The second-order valence-corrected chi connectivity index (χ2v) is 5.78. The SMILES string of the molecule is CC(C)c1ccc(N2CCCC(CCN)C2)cc1. The second kappa shape index (κ2) is 6.24. The molecule has 1 aliphatic heterocycles. The van der Waals surface area contributed by atoms with Gasteiger partial charge >= 0.3 is 0 Å². The van der Waals surface area contributed by atoms with Crippen LogP contribution in [0.15, 0.2) is 24.3 Å². The molecule has 2 heteroatoms. The molecule has 1 aromatic carbocycles. The van der Waals surface area contributed by atoms with Gasteiger partial charge in [0.1, 0.15) is 0 Å². The molecule has 18 heavy (non-hydrogen) atoms. The predicted molar refractivity (Wildman–Crippen MR) is 79.1 cm³/mol. The van der Waals surface area contributed by atoms with E-state index in [1.807, 2.05) is 0 Å². The lowest BCUT2D eigenvalue weighted by molar-refractivity contribution is 0.396. The number of hydrogen-bond acceptors (Lipinski definition) is 2. The molecule has 1 saturated heterocycles. The van der Waals surface area contributed by atoms with Gasteiger partial charge in [-0.05, 0) is 55.3 Å². The zero-order chi connectivity index (χ0) is 13.0. The summed E-state index contributed by atoms with van der Waals surface area (Å²) in [4.78, 5) is 2.52. The van der Waals surface area contributed by atoms with Crippen LogP contribution in [0.4, 0.5) is 5.69 Å². The van der Waals surface area contributed by atoms with Gasteiger partial charge in [0.2, 0.25) is 0 Å². The molecule has 0 saturated carbocycles. The highest BCUT2D eigenvalue weighted by molar-refractivity contribution is 5.48. The Morgan fingerprint density at radius 2 is 2.00 bits per heavy atom. The summed E-state index contributed by atoms with van der Waals surface area (Å²) in [7, 11) is 0. The van der Waals surface area contributed by atoms with Crippen molar-refractivity contribution in [3.05, 3.63) is 29.8 Å². The molecule has 2 nitrogen and oxygen atoms in total. The summed E-state index contributed by atoms with van der Waals surface area (Å²) in [5.74, 6) is 1.40. The van der Waals surface area contributed by atoms with Crippen molar-refractivity contribution in [2.24, 2.45) is 11.7 Å². The van der Waals surface area contributed by atoms with Gasteiger partial charge in [-0.2, -0.15) is 0 Å². The molecule has 0 radical (unpaired) electrons. The van der Waals surface area contributed by atoms with Gasteiger partial charge in [0.15, 0.2) is 0 Å². The summed E-state index contributed by atoms with van der Waals surface area (Å²) in [6, 6.07) is 9.10. The highest BCUT2D eigenvalue weighted by Gasteiger charge is 2.19. The Morgan fingerprint density at radius 1 is 1.28 bits per heavy atom. The molecule has 2 rings (SSSR count). The first kappa shape index (κ1) is 13.4. The molecule has 0 amide bonds. The first-order chi connectivity index (χ1) is 8.70. The zero-order valence-corrected chi connectivity index (χ0v) is 11.7. The van der Waals surface area contributed by atoms with Crippen LogP contribution in [0.2, 0.25) is 0 Å². The Kier molecular flexibility index (Phi) is 4.65. The maximum atomic E-state index is 5.68. The van der Waals surface area contributed by atoms with E-state index in [0.29, 0.717) is 5.92 Å². The number of hydrogen-bond donors (Lipinski definition) is 1. The normalized spacial score (nSPS) is 20.4. The number of nitrogens with two attached hydrogens (primary N) is 1. The molecule has 1 atom stereocenters. The molecule has 0 bridgehead atoms. The minimum atomic E-state index is 0.616. The Hall–Kier alpha value is -1.02. The summed E-state index contributed by atoms with van der Waals surface area (Å²) in [6.45, 7) is 7.69. The Labute approximate surface area is 111 Å². The van der Waals surface area contributed by atoms with Crippen molar-refractivity contribution in [2.45, 2.75) is 39.0 Å². The average Bonchev–Trinajstić information content (AvgIpc) is 2.39. The van der Waals surface area contributed by atoms with Crippen LogP contribution in [0, 0.1) is 5.92 Å². The fourth-order valence-electron chi connectivity index (χ4n) is 2.84. The van der Waals surface area contributed by atoms with Gasteiger partial charge < -0.3 is 10.6 Å². The van der Waals surface area contributed by atoms with E-state index in [0.717, 1.165) is 12.5 Å². The van der Waals surface area contributed by atoms with E-state index in [1.165, 1.54) is 43.6 Å². The first-order valence-electron chi connectivity index (χ1n) is 7.25. The number of rotatable bonds is 4. The topological polar surface area (TPSA) is 29.3 Å². The molecule has 100 valence electrons. The van der Waals surface area contributed by atoms with Crippen LogP contribution in [0.1, 0.15) is 44.6 Å². The molecule has 1 fully saturated rings. The highest BCUT2D eigenvalue weighted by atomic mass is 15.1. The Morgan fingerprint density at radius 3 is 2.61 bits per heavy atom. The summed E-state index contributed by atoms with van der Waals surface area (Å²) in [5.41, 5.74) is 8.48.